The Bertz CT molecular complexity index is 922. The molecule has 3 aromatic rings. The van der Waals surface area contributed by atoms with E-state index in [0.29, 0.717) is 17.1 Å². The second-order valence-corrected chi connectivity index (χ2v) is 4.95. The summed E-state index contributed by atoms with van der Waals surface area (Å²) in [6.07, 6.45) is 4.47. The maximum Gasteiger partial charge on any atom is 0.255 e. The van der Waals surface area contributed by atoms with Gasteiger partial charge in [-0.1, -0.05) is 0 Å². The Hall–Kier alpha value is -3.48. The summed E-state index contributed by atoms with van der Waals surface area (Å²) in [5.74, 6) is -0.760. The zero-order valence-electron chi connectivity index (χ0n) is 12.4. The third kappa shape index (κ3) is 3.64. The van der Waals surface area contributed by atoms with Crippen LogP contribution in [0.3, 0.4) is 0 Å². The van der Waals surface area contributed by atoms with Crippen molar-refractivity contribution in [1.29, 1.82) is 0 Å². The van der Waals surface area contributed by atoms with Crippen molar-refractivity contribution < 1.29 is 9.18 Å². The Balaban J connectivity index is 1.82. The number of rotatable bonds is 4. The average Bonchev–Trinajstić information content (AvgIpc) is 2.58. The molecular formula is C17H13FN4O2. The van der Waals surface area contributed by atoms with Crippen LogP contribution in [0.1, 0.15) is 10.4 Å². The summed E-state index contributed by atoms with van der Waals surface area (Å²) in [5, 5.41) is 5.77. The first-order chi connectivity index (χ1) is 11.6. The number of carbonyl (C=O) groups is 1. The normalized spacial score (nSPS) is 10.2. The molecule has 0 aliphatic rings. The van der Waals surface area contributed by atoms with Gasteiger partial charge in [-0.3, -0.25) is 14.6 Å². The summed E-state index contributed by atoms with van der Waals surface area (Å²) >= 11 is 0. The number of halogens is 1. The highest BCUT2D eigenvalue weighted by Gasteiger charge is 2.10. The van der Waals surface area contributed by atoms with E-state index in [1.165, 1.54) is 42.9 Å². The lowest BCUT2D eigenvalue weighted by atomic mass is 10.2. The molecule has 2 aromatic heterocycles. The van der Waals surface area contributed by atoms with Crippen molar-refractivity contribution >= 4 is 23.0 Å². The number of H-pyrrole nitrogens is 1. The highest BCUT2D eigenvalue weighted by molar-refractivity contribution is 6.05. The second kappa shape index (κ2) is 6.74. The van der Waals surface area contributed by atoms with Gasteiger partial charge in [0, 0.05) is 29.7 Å². The van der Waals surface area contributed by atoms with Crippen LogP contribution in [0.5, 0.6) is 0 Å². The van der Waals surface area contributed by atoms with Gasteiger partial charge in [-0.15, -0.1) is 0 Å². The predicted octanol–water partition coefficient (Wildman–Crippen LogP) is 2.90. The average molecular weight is 324 g/mol. The Labute approximate surface area is 136 Å². The van der Waals surface area contributed by atoms with Crippen LogP contribution in [0.2, 0.25) is 0 Å². The molecule has 3 rings (SSSR count). The zero-order chi connectivity index (χ0) is 16.9. The van der Waals surface area contributed by atoms with Crippen molar-refractivity contribution in [1.82, 2.24) is 9.97 Å². The van der Waals surface area contributed by atoms with Gasteiger partial charge in [-0.05, 0) is 36.4 Å². The van der Waals surface area contributed by atoms with Gasteiger partial charge in [0.1, 0.15) is 5.82 Å². The summed E-state index contributed by atoms with van der Waals surface area (Å²) in [4.78, 5) is 30.0. The Kier molecular flexibility index (Phi) is 4.33. The van der Waals surface area contributed by atoms with E-state index < -0.39 is 5.91 Å². The fraction of sp³-hybridized carbons (Fsp3) is 0. The summed E-state index contributed by atoms with van der Waals surface area (Å²) in [5.41, 5.74) is 1.56. The largest absolute Gasteiger partial charge is 0.353 e. The van der Waals surface area contributed by atoms with E-state index in [-0.39, 0.29) is 16.9 Å². The Morgan fingerprint density at radius 1 is 1.08 bits per heavy atom. The minimum Gasteiger partial charge on any atom is -0.353 e. The van der Waals surface area contributed by atoms with E-state index in [1.54, 1.807) is 18.2 Å². The van der Waals surface area contributed by atoms with Gasteiger partial charge >= 0.3 is 0 Å². The molecule has 3 N–H and O–H groups in total. The molecule has 0 fully saturated rings. The smallest absolute Gasteiger partial charge is 0.255 e. The number of hydrogen-bond acceptors (Lipinski definition) is 4. The number of carbonyl (C=O) groups excluding carboxylic acids is 1. The lowest BCUT2D eigenvalue weighted by molar-refractivity contribution is 0.102. The fourth-order valence-corrected chi connectivity index (χ4v) is 2.07. The van der Waals surface area contributed by atoms with Crippen molar-refractivity contribution in [2.45, 2.75) is 0 Å². The van der Waals surface area contributed by atoms with Gasteiger partial charge < -0.3 is 15.6 Å². The van der Waals surface area contributed by atoms with E-state index in [4.69, 9.17) is 0 Å². The van der Waals surface area contributed by atoms with Crippen LogP contribution in [0.4, 0.5) is 21.5 Å². The van der Waals surface area contributed by atoms with Crippen molar-refractivity contribution in [2.24, 2.45) is 0 Å². The molecule has 7 heteroatoms. The number of amides is 1. The molecule has 0 radical (unpaired) electrons. The van der Waals surface area contributed by atoms with Gasteiger partial charge in [0.15, 0.2) is 0 Å². The van der Waals surface area contributed by atoms with Gasteiger partial charge in [-0.25, -0.2) is 4.39 Å². The Morgan fingerprint density at radius 2 is 1.88 bits per heavy atom. The highest BCUT2D eigenvalue weighted by Crippen LogP contribution is 2.24. The van der Waals surface area contributed by atoms with Crippen molar-refractivity contribution in [3.8, 4) is 0 Å². The molecule has 0 aliphatic carbocycles. The van der Waals surface area contributed by atoms with Crippen molar-refractivity contribution in [3.63, 3.8) is 0 Å². The monoisotopic (exact) mass is 324 g/mol. The molecule has 0 atom stereocenters. The van der Waals surface area contributed by atoms with Gasteiger partial charge in [0.25, 0.3) is 5.91 Å². The number of nitrogens with one attached hydrogen (secondary N) is 3. The van der Waals surface area contributed by atoms with Crippen LogP contribution in [-0.2, 0) is 0 Å². The standard InChI is InChI=1S/C17H13FN4O2/c18-12-1-3-13(4-2-12)21-15-10-19-7-6-14(15)22-17(24)11-5-8-20-16(23)9-11/h1-10,21H,(H,20,23)(H,19,22,24). The molecule has 0 bridgehead atoms. The Morgan fingerprint density at radius 3 is 2.62 bits per heavy atom. The molecule has 2 heterocycles. The van der Waals surface area contributed by atoms with Crippen LogP contribution in [-0.4, -0.2) is 15.9 Å². The van der Waals surface area contributed by atoms with Crippen LogP contribution in [0, 0.1) is 5.82 Å². The lowest BCUT2D eigenvalue weighted by Gasteiger charge is -2.12. The van der Waals surface area contributed by atoms with Crippen LogP contribution in [0.25, 0.3) is 0 Å². The molecule has 0 saturated carbocycles. The van der Waals surface area contributed by atoms with Crippen LogP contribution in [0.15, 0.2) is 65.8 Å². The van der Waals surface area contributed by atoms with Crippen LogP contribution >= 0.6 is 0 Å². The van der Waals surface area contributed by atoms with E-state index in [0.717, 1.165) is 0 Å². The number of aromatic nitrogens is 2. The molecular weight excluding hydrogens is 311 g/mol. The molecule has 0 saturated heterocycles. The van der Waals surface area contributed by atoms with Gasteiger partial charge in [0.2, 0.25) is 5.56 Å². The number of aromatic amines is 1. The first-order valence-corrected chi connectivity index (χ1v) is 7.08. The highest BCUT2D eigenvalue weighted by atomic mass is 19.1. The van der Waals surface area contributed by atoms with Crippen molar-refractivity contribution in [3.05, 3.63) is 82.8 Å². The molecule has 1 aromatic carbocycles. The topological polar surface area (TPSA) is 86.9 Å². The zero-order valence-corrected chi connectivity index (χ0v) is 12.4. The quantitative estimate of drug-likeness (QED) is 0.689. The maximum atomic E-state index is 13.0. The molecule has 0 aliphatic heterocycles. The molecule has 6 nitrogen and oxygen atoms in total. The summed E-state index contributed by atoms with van der Waals surface area (Å²) in [7, 11) is 0. The second-order valence-electron chi connectivity index (χ2n) is 4.95. The maximum absolute atomic E-state index is 13.0. The van der Waals surface area contributed by atoms with E-state index in [1.807, 2.05) is 0 Å². The molecule has 0 spiro atoms. The minimum atomic E-state index is -0.422. The fourth-order valence-electron chi connectivity index (χ4n) is 2.07. The SMILES string of the molecule is O=C(Nc1ccncc1Nc1ccc(F)cc1)c1cc[nH]c(=O)c1. The summed E-state index contributed by atoms with van der Waals surface area (Å²) in [6, 6.07) is 10.1. The number of nitrogens with zero attached hydrogens (tertiary/aromatic N) is 1. The third-order valence-electron chi connectivity index (χ3n) is 3.23. The van der Waals surface area contributed by atoms with E-state index in [2.05, 4.69) is 20.6 Å². The van der Waals surface area contributed by atoms with Gasteiger partial charge in [-0.2, -0.15) is 0 Å². The van der Waals surface area contributed by atoms with Crippen molar-refractivity contribution in [2.75, 3.05) is 10.6 Å². The molecule has 120 valence electrons. The number of hydrogen-bond donors (Lipinski definition) is 3. The number of pyridine rings is 2. The first kappa shape index (κ1) is 15.4. The minimum absolute atomic E-state index is 0.239. The lowest BCUT2D eigenvalue weighted by Crippen LogP contribution is -2.16. The third-order valence-corrected chi connectivity index (χ3v) is 3.23. The van der Waals surface area contributed by atoms with E-state index >= 15 is 0 Å². The van der Waals surface area contributed by atoms with Gasteiger partial charge in [0.05, 0.1) is 17.6 Å². The predicted molar refractivity (Wildman–Crippen MR) is 88.9 cm³/mol. The first-order valence-electron chi connectivity index (χ1n) is 7.08. The van der Waals surface area contributed by atoms with E-state index in [9.17, 15) is 14.0 Å². The summed E-state index contributed by atoms with van der Waals surface area (Å²) < 4.78 is 13.0. The molecule has 1 amide bonds. The summed E-state index contributed by atoms with van der Waals surface area (Å²) in [6.45, 7) is 0. The molecule has 0 unspecified atom stereocenters. The van der Waals surface area contributed by atoms with Crippen LogP contribution < -0.4 is 16.2 Å². The number of benzene rings is 1. The number of anilines is 3. The molecule has 24 heavy (non-hydrogen) atoms.